The molecule has 0 spiro atoms. The van der Waals surface area contributed by atoms with E-state index in [0.29, 0.717) is 5.82 Å². The summed E-state index contributed by atoms with van der Waals surface area (Å²) in [6, 6.07) is 6.57. The normalized spacial score (nSPS) is 13.2. The van der Waals surface area contributed by atoms with Gasteiger partial charge in [-0.3, -0.25) is 0 Å². The van der Waals surface area contributed by atoms with Gasteiger partial charge in [0.15, 0.2) is 5.82 Å². The molecule has 2 aromatic rings. The summed E-state index contributed by atoms with van der Waals surface area (Å²) >= 11 is 0. The van der Waals surface area contributed by atoms with Gasteiger partial charge in [0.25, 0.3) is 10.0 Å². The van der Waals surface area contributed by atoms with Crippen LogP contribution in [0.5, 0.6) is 0 Å². The van der Waals surface area contributed by atoms with E-state index in [1.165, 1.54) is 6.07 Å². The number of benzene rings is 1. The van der Waals surface area contributed by atoms with Gasteiger partial charge in [0.05, 0.1) is 4.90 Å². The summed E-state index contributed by atoms with van der Waals surface area (Å²) in [6.07, 6.45) is 0. The Morgan fingerprint density at radius 3 is 2.70 bits per heavy atom. The molecule has 0 bridgehead atoms. The van der Waals surface area contributed by atoms with E-state index in [-0.39, 0.29) is 17.0 Å². The van der Waals surface area contributed by atoms with E-state index in [9.17, 15) is 8.42 Å². The molecule has 0 saturated carbocycles. The average Bonchev–Trinajstić information content (AvgIpc) is 2.82. The highest BCUT2D eigenvalue weighted by Crippen LogP contribution is 2.19. The summed E-state index contributed by atoms with van der Waals surface area (Å²) in [5.74, 6) is 0.361. The topological polar surface area (TPSA) is 97.1 Å². The van der Waals surface area contributed by atoms with Crippen molar-refractivity contribution in [3.63, 3.8) is 0 Å². The summed E-state index contributed by atoms with van der Waals surface area (Å²) in [6.45, 7) is 3.55. The lowest BCUT2D eigenvalue weighted by Crippen LogP contribution is -2.16. The highest BCUT2D eigenvalue weighted by molar-refractivity contribution is 7.92. The molecule has 0 aliphatic rings. The minimum atomic E-state index is -3.74. The number of aromatic nitrogens is 2. The van der Waals surface area contributed by atoms with Crippen molar-refractivity contribution in [3.05, 3.63) is 35.7 Å². The fraction of sp³-hybridized carbons (Fsp3) is 0.333. The molecule has 8 heteroatoms. The van der Waals surface area contributed by atoms with Crippen molar-refractivity contribution in [1.29, 1.82) is 0 Å². The molecule has 1 heterocycles. The Hall–Kier alpha value is -1.93. The fourth-order valence-corrected chi connectivity index (χ4v) is 2.61. The van der Waals surface area contributed by atoms with Crippen molar-refractivity contribution in [3.8, 4) is 0 Å². The van der Waals surface area contributed by atoms with E-state index in [1.807, 2.05) is 20.0 Å². The van der Waals surface area contributed by atoms with Crippen molar-refractivity contribution in [2.45, 2.75) is 24.8 Å². The lowest BCUT2D eigenvalue weighted by Gasteiger charge is -2.12. The first kappa shape index (κ1) is 14.5. The van der Waals surface area contributed by atoms with Gasteiger partial charge in [-0.25, -0.2) is 13.1 Å². The summed E-state index contributed by atoms with van der Waals surface area (Å²) in [7, 11) is -1.93. The SMILES string of the molecule is CNC(C)c1cccc(S(=O)(=O)Nc2nc(C)no2)c1. The summed E-state index contributed by atoms with van der Waals surface area (Å²) < 4.78 is 31.4. The Kier molecular flexibility index (Phi) is 4.05. The Balaban J connectivity index is 2.29. The van der Waals surface area contributed by atoms with Gasteiger partial charge in [0.1, 0.15) is 0 Å². The van der Waals surface area contributed by atoms with E-state index in [0.717, 1.165) is 5.56 Å². The lowest BCUT2D eigenvalue weighted by molar-refractivity contribution is 0.429. The zero-order chi connectivity index (χ0) is 14.8. The molecule has 0 fully saturated rings. The van der Waals surface area contributed by atoms with Crippen LogP contribution in [0.15, 0.2) is 33.7 Å². The molecular weight excluding hydrogens is 280 g/mol. The molecular formula is C12H16N4O3S. The summed E-state index contributed by atoms with van der Waals surface area (Å²) in [5, 5.41) is 6.59. The second kappa shape index (κ2) is 5.59. The first-order valence-corrected chi connectivity index (χ1v) is 7.51. The summed E-state index contributed by atoms with van der Waals surface area (Å²) in [4.78, 5) is 3.96. The molecule has 2 rings (SSSR count). The third-order valence-corrected chi connectivity index (χ3v) is 4.17. The van der Waals surface area contributed by atoms with Gasteiger partial charge in [0.2, 0.25) is 0 Å². The molecule has 108 valence electrons. The summed E-state index contributed by atoms with van der Waals surface area (Å²) in [5.41, 5.74) is 0.872. The molecule has 0 saturated heterocycles. The zero-order valence-electron chi connectivity index (χ0n) is 11.4. The maximum atomic E-state index is 12.2. The van der Waals surface area contributed by atoms with Crippen LogP contribution in [0.3, 0.4) is 0 Å². The van der Waals surface area contributed by atoms with E-state index >= 15 is 0 Å². The molecule has 7 nitrogen and oxygen atoms in total. The molecule has 1 aromatic carbocycles. The number of hydrogen-bond acceptors (Lipinski definition) is 6. The Labute approximate surface area is 117 Å². The maximum absolute atomic E-state index is 12.2. The lowest BCUT2D eigenvalue weighted by atomic mass is 10.1. The van der Waals surface area contributed by atoms with Crippen molar-refractivity contribution >= 4 is 16.0 Å². The second-order valence-electron chi connectivity index (χ2n) is 4.34. The molecule has 1 atom stereocenters. The highest BCUT2D eigenvalue weighted by Gasteiger charge is 2.18. The minimum Gasteiger partial charge on any atom is -0.314 e. The van der Waals surface area contributed by atoms with Gasteiger partial charge < -0.3 is 9.84 Å². The third-order valence-electron chi connectivity index (χ3n) is 2.85. The van der Waals surface area contributed by atoms with Crippen LogP contribution < -0.4 is 10.0 Å². The number of nitrogens with one attached hydrogen (secondary N) is 2. The van der Waals surface area contributed by atoms with Crippen molar-refractivity contribution in [1.82, 2.24) is 15.5 Å². The van der Waals surface area contributed by atoms with Gasteiger partial charge >= 0.3 is 6.01 Å². The minimum absolute atomic E-state index is 0.0517. The van der Waals surface area contributed by atoms with Crippen molar-refractivity contribution in [2.75, 3.05) is 11.8 Å². The van der Waals surface area contributed by atoms with Crippen LogP contribution >= 0.6 is 0 Å². The number of sulfonamides is 1. The van der Waals surface area contributed by atoms with Gasteiger partial charge in [0, 0.05) is 6.04 Å². The van der Waals surface area contributed by atoms with E-state index in [4.69, 9.17) is 4.52 Å². The van der Waals surface area contributed by atoms with Gasteiger partial charge in [-0.05, 0) is 38.6 Å². The van der Waals surface area contributed by atoms with E-state index < -0.39 is 10.0 Å². The van der Waals surface area contributed by atoms with Gasteiger partial charge in [-0.15, -0.1) is 0 Å². The second-order valence-corrected chi connectivity index (χ2v) is 6.02. The third kappa shape index (κ3) is 3.14. The highest BCUT2D eigenvalue weighted by atomic mass is 32.2. The standard InChI is InChI=1S/C12H16N4O3S/c1-8(13-3)10-5-4-6-11(7-10)20(17,18)16-12-14-9(2)15-19-12/h4-8,13H,1-3H3,(H,14,15,16). The van der Waals surface area contributed by atoms with Crippen LogP contribution in [0.2, 0.25) is 0 Å². The first-order chi connectivity index (χ1) is 9.42. The Bertz CT molecular complexity index is 696. The molecule has 0 radical (unpaired) electrons. The molecule has 0 aliphatic carbocycles. The molecule has 1 aromatic heterocycles. The Morgan fingerprint density at radius 2 is 2.10 bits per heavy atom. The smallest absolute Gasteiger partial charge is 0.314 e. The number of anilines is 1. The molecule has 1 unspecified atom stereocenters. The monoisotopic (exact) mass is 296 g/mol. The predicted octanol–water partition coefficient (Wildman–Crippen LogP) is 1.46. The number of hydrogen-bond donors (Lipinski definition) is 2. The predicted molar refractivity (Wildman–Crippen MR) is 73.8 cm³/mol. The Morgan fingerprint density at radius 1 is 1.35 bits per heavy atom. The largest absolute Gasteiger partial charge is 0.335 e. The number of aryl methyl sites for hydroxylation is 1. The van der Waals surface area contributed by atoms with Crippen LogP contribution in [-0.4, -0.2) is 25.6 Å². The maximum Gasteiger partial charge on any atom is 0.335 e. The number of nitrogens with zero attached hydrogens (tertiary/aromatic N) is 2. The van der Waals surface area contributed by atoms with E-state index in [1.54, 1.807) is 19.1 Å². The van der Waals surface area contributed by atoms with Crippen LogP contribution in [0, 0.1) is 6.92 Å². The molecule has 20 heavy (non-hydrogen) atoms. The molecule has 2 N–H and O–H groups in total. The van der Waals surface area contributed by atoms with Crippen LogP contribution in [-0.2, 0) is 10.0 Å². The van der Waals surface area contributed by atoms with E-state index in [2.05, 4.69) is 20.2 Å². The average molecular weight is 296 g/mol. The van der Waals surface area contributed by atoms with Crippen molar-refractivity contribution < 1.29 is 12.9 Å². The van der Waals surface area contributed by atoms with Crippen LogP contribution in [0.25, 0.3) is 0 Å². The van der Waals surface area contributed by atoms with Crippen molar-refractivity contribution in [2.24, 2.45) is 0 Å². The fourth-order valence-electron chi connectivity index (χ4n) is 1.63. The zero-order valence-corrected chi connectivity index (χ0v) is 12.2. The molecule has 0 amide bonds. The number of rotatable bonds is 5. The quantitative estimate of drug-likeness (QED) is 0.867. The van der Waals surface area contributed by atoms with Gasteiger partial charge in [-0.1, -0.05) is 17.3 Å². The first-order valence-electron chi connectivity index (χ1n) is 6.03. The van der Waals surface area contributed by atoms with Crippen LogP contribution in [0.4, 0.5) is 6.01 Å². The van der Waals surface area contributed by atoms with Crippen LogP contribution in [0.1, 0.15) is 24.4 Å². The molecule has 0 aliphatic heterocycles. The van der Waals surface area contributed by atoms with Gasteiger partial charge in [-0.2, -0.15) is 4.98 Å².